The Morgan fingerprint density at radius 1 is 1.33 bits per heavy atom. The average molecular weight is 291 g/mol. The van der Waals surface area contributed by atoms with Crippen molar-refractivity contribution in [3.8, 4) is 0 Å². The Balaban J connectivity index is 3.12. The van der Waals surface area contributed by atoms with Crippen LogP contribution in [0, 0.1) is 6.92 Å². The molecule has 0 aromatic heterocycles. The molecule has 0 aliphatic rings. The quantitative estimate of drug-likeness (QED) is 0.631. The SMILES string of the molecule is Cc1ccccc1C(=O)[C@@H](Br)S(C)(=O)=O. The minimum Gasteiger partial charge on any atom is -0.292 e. The fourth-order valence-electron chi connectivity index (χ4n) is 1.17. The van der Waals surface area contributed by atoms with E-state index in [1.165, 1.54) is 0 Å². The second-order valence-corrected chi connectivity index (χ2v) is 6.98. The number of carbonyl (C=O) groups excluding carboxylic acids is 1. The van der Waals surface area contributed by atoms with Crippen molar-refractivity contribution in [2.45, 2.75) is 11.1 Å². The predicted molar refractivity (Wildman–Crippen MR) is 63.1 cm³/mol. The number of halogens is 1. The molecule has 0 aliphatic carbocycles. The molecule has 3 nitrogen and oxygen atoms in total. The van der Waals surface area contributed by atoms with Gasteiger partial charge in [0.25, 0.3) is 0 Å². The molecule has 0 saturated carbocycles. The van der Waals surface area contributed by atoms with Crippen molar-refractivity contribution in [2.75, 3.05) is 6.26 Å². The summed E-state index contributed by atoms with van der Waals surface area (Å²) in [6, 6.07) is 6.91. The van der Waals surface area contributed by atoms with Gasteiger partial charge in [-0.15, -0.1) is 0 Å². The smallest absolute Gasteiger partial charge is 0.191 e. The molecule has 0 amide bonds. The summed E-state index contributed by atoms with van der Waals surface area (Å²) in [6.45, 7) is 1.77. The average Bonchev–Trinajstić information content (AvgIpc) is 2.15. The number of hydrogen-bond donors (Lipinski definition) is 0. The molecule has 82 valence electrons. The maximum absolute atomic E-state index is 11.8. The molecule has 0 fully saturated rings. The van der Waals surface area contributed by atoms with E-state index in [4.69, 9.17) is 0 Å². The van der Waals surface area contributed by atoms with E-state index < -0.39 is 19.8 Å². The van der Waals surface area contributed by atoms with Gasteiger partial charge >= 0.3 is 0 Å². The van der Waals surface area contributed by atoms with Gasteiger partial charge in [0.15, 0.2) is 19.8 Å². The van der Waals surface area contributed by atoms with E-state index in [0.29, 0.717) is 5.56 Å². The zero-order valence-corrected chi connectivity index (χ0v) is 10.8. The zero-order chi connectivity index (χ0) is 11.6. The van der Waals surface area contributed by atoms with E-state index in [-0.39, 0.29) is 0 Å². The number of sulfone groups is 1. The van der Waals surface area contributed by atoms with Crippen LogP contribution in [0.4, 0.5) is 0 Å². The molecule has 15 heavy (non-hydrogen) atoms. The van der Waals surface area contributed by atoms with E-state index in [0.717, 1.165) is 11.8 Å². The van der Waals surface area contributed by atoms with Gasteiger partial charge in [-0.3, -0.25) is 4.79 Å². The summed E-state index contributed by atoms with van der Waals surface area (Å²) < 4.78 is 21.2. The molecule has 1 rings (SSSR count). The number of ketones is 1. The van der Waals surface area contributed by atoms with Crippen LogP contribution < -0.4 is 0 Å². The van der Waals surface area contributed by atoms with Crippen molar-refractivity contribution < 1.29 is 13.2 Å². The number of Topliss-reactive ketones (excluding diaryl/α,β-unsaturated/α-hetero) is 1. The van der Waals surface area contributed by atoms with Gasteiger partial charge in [0.2, 0.25) is 0 Å². The maximum atomic E-state index is 11.8. The topological polar surface area (TPSA) is 51.2 Å². The first kappa shape index (κ1) is 12.4. The van der Waals surface area contributed by atoms with Crippen molar-refractivity contribution in [3.05, 3.63) is 35.4 Å². The minimum atomic E-state index is -3.40. The number of hydrogen-bond acceptors (Lipinski definition) is 3. The highest BCUT2D eigenvalue weighted by atomic mass is 79.9. The highest BCUT2D eigenvalue weighted by Gasteiger charge is 2.27. The molecule has 0 unspecified atom stereocenters. The molecule has 5 heteroatoms. The molecular formula is C10H11BrO3S. The molecule has 0 radical (unpaired) electrons. The van der Waals surface area contributed by atoms with Gasteiger partial charge < -0.3 is 0 Å². The van der Waals surface area contributed by atoms with Crippen LogP contribution in [0.3, 0.4) is 0 Å². The van der Waals surface area contributed by atoms with Gasteiger partial charge in [0.1, 0.15) is 0 Å². The first-order valence-electron chi connectivity index (χ1n) is 4.27. The van der Waals surface area contributed by atoms with Crippen LogP contribution in [0.15, 0.2) is 24.3 Å². The number of carbonyl (C=O) groups is 1. The molecule has 0 saturated heterocycles. The van der Waals surface area contributed by atoms with Crippen molar-refractivity contribution in [1.82, 2.24) is 0 Å². The van der Waals surface area contributed by atoms with E-state index in [2.05, 4.69) is 15.9 Å². The third-order valence-corrected chi connectivity index (χ3v) is 5.41. The van der Waals surface area contributed by atoms with E-state index in [9.17, 15) is 13.2 Å². The second kappa shape index (κ2) is 4.45. The van der Waals surface area contributed by atoms with Gasteiger partial charge in [-0.05, 0) is 12.5 Å². The summed E-state index contributed by atoms with van der Waals surface area (Å²) >= 11 is 2.90. The summed E-state index contributed by atoms with van der Waals surface area (Å²) in [5.74, 6) is -0.421. The Bertz CT molecular complexity index is 479. The van der Waals surface area contributed by atoms with Crippen molar-refractivity contribution in [2.24, 2.45) is 0 Å². The Kier molecular flexibility index (Phi) is 3.67. The summed E-state index contributed by atoms with van der Waals surface area (Å²) in [5, 5.41) is 0. The highest BCUT2D eigenvalue weighted by molar-refractivity contribution is 9.11. The van der Waals surface area contributed by atoms with E-state index in [1.54, 1.807) is 31.2 Å². The van der Waals surface area contributed by atoms with Gasteiger partial charge in [0, 0.05) is 11.8 Å². The Morgan fingerprint density at radius 3 is 2.33 bits per heavy atom. The lowest BCUT2D eigenvalue weighted by atomic mass is 10.1. The largest absolute Gasteiger partial charge is 0.292 e. The Hall–Kier alpha value is -0.680. The molecule has 0 bridgehead atoms. The van der Waals surface area contributed by atoms with Crippen molar-refractivity contribution in [3.63, 3.8) is 0 Å². The number of aryl methyl sites for hydroxylation is 1. The Morgan fingerprint density at radius 2 is 1.87 bits per heavy atom. The summed E-state index contributed by atoms with van der Waals surface area (Å²) in [6.07, 6.45) is 1.03. The van der Waals surface area contributed by atoms with E-state index in [1.807, 2.05) is 0 Å². The molecule has 1 aromatic carbocycles. The standard InChI is InChI=1S/C10H11BrO3S/c1-7-5-3-4-6-8(7)9(12)10(11)15(2,13)14/h3-6,10H,1-2H3/t10-/m0/s1. The maximum Gasteiger partial charge on any atom is 0.191 e. The van der Waals surface area contributed by atoms with Crippen LogP contribution in [0.1, 0.15) is 15.9 Å². The van der Waals surface area contributed by atoms with E-state index >= 15 is 0 Å². The fraction of sp³-hybridized carbons (Fsp3) is 0.300. The third-order valence-electron chi connectivity index (χ3n) is 1.99. The van der Waals surface area contributed by atoms with Gasteiger partial charge in [0.05, 0.1) is 0 Å². The third kappa shape index (κ3) is 2.89. The lowest BCUT2D eigenvalue weighted by molar-refractivity contribution is 0.101. The lowest BCUT2D eigenvalue weighted by Gasteiger charge is -2.08. The van der Waals surface area contributed by atoms with Crippen molar-refractivity contribution in [1.29, 1.82) is 0 Å². The van der Waals surface area contributed by atoms with Gasteiger partial charge in [-0.1, -0.05) is 40.2 Å². The zero-order valence-electron chi connectivity index (χ0n) is 8.40. The molecule has 0 heterocycles. The van der Waals surface area contributed by atoms with Gasteiger partial charge in [-0.2, -0.15) is 0 Å². The van der Waals surface area contributed by atoms with Crippen LogP contribution >= 0.6 is 15.9 Å². The van der Waals surface area contributed by atoms with Gasteiger partial charge in [-0.25, -0.2) is 8.42 Å². The van der Waals surface area contributed by atoms with Crippen LogP contribution in [-0.2, 0) is 9.84 Å². The molecular weight excluding hydrogens is 280 g/mol. The Labute approximate surface area is 97.5 Å². The number of alkyl halides is 1. The predicted octanol–water partition coefficient (Wildman–Crippen LogP) is 1.94. The first-order chi connectivity index (χ1) is 6.84. The number of benzene rings is 1. The summed E-state index contributed by atoms with van der Waals surface area (Å²) in [7, 11) is -3.40. The molecule has 1 atom stereocenters. The lowest BCUT2D eigenvalue weighted by Crippen LogP contribution is -2.24. The number of rotatable bonds is 3. The summed E-state index contributed by atoms with van der Waals surface area (Å²) in [4.78, 5) is 11.8. The molecule has 0 N–H and O–H groups in total. The first-order valence-corrected chi connectivity index (χ1v) is 7.14. The fourth-order valence-corrected chi connectivity index (χ4v) is 1.93. The normalized spacial score (nSPS) is 13.5. The second-order valence-electron chi connectivity index (χ2n) is 3.32. The molecule has 0 aliphatic heterocycles. The van der Waals surface area contributed by atoms with Crippen LogP contribution in [-0.4, -0.2) is 24.6 Å². The molecule has 1 aromatic rings. The molecule has 0 spiro atoms. The minimum absolute atomic E-state index is 0.421. The van der Waals surface area contributed by atoms with Crippen LogP contribution in [0.5, 0.6) is 0 Å². The summed E-state index contributed by atoms with van der Waals surface area (Å²) in [5.41, 5.74) is 1.21. The monoisotopic (exact) mass is 290 g/mol. The highest BCUT2D eigenvalue weighted by Crippen LogP contribution is 2.17. The van der Waals surface area contributed by atoms with Crippen LogP contribution in [0.25, 0.3) is 0 Å². The van der Waals surface area contributed by atoms with Crippen LogP contribution in [0.2, 0.25) is 0 Å². The van der Waals surface area contributed by atoms with Crippen molar-refractivity contribution >= 4 is 31.6 Å².